The monoisotopic (exact) mass is 939 g/mol. The fourth-order valence-electron chi connectivity index (χ4n) is 9.32. The Morgan fingerprint density at radius 1 is 0.735 bits per heavy atom. The zero-order valence-corrected chi connectivity index (χ0v) is 39.0. The van der Waals surface area contributed by atoms with Crippen molar-refractivity contribution in [3.8, 4) is 11.1 Å². The summed E-state index contributed by atoms with van der Waals surface area (Å²) in [4.78, 5) is 65.7. The molecule has 4 aromatic rings. The minimum atomic E-state index is -1.01. The van der Waals surface area contributed by atoms with Crippen molar-refractivity contribution in [2.75, 3.05) is 123 Å². The van der Waals surface area contributed by atoms with Crippen molar-refractivity contribution < 1.29 is 48.0 Å². The number of aliphatic hydroxyl groups is 1. The molecule has 4 N–H and O–H groups in total. The minimum Gasteiger partial charge on any atom is -0.393 e. The van der Waals surface area contributed by atoms with Gasteiger partial charge in [0.1, 0.15) is 11.7 Å². The molecule has 2 aromatic carbocycles. The third kappa shape index (κ3) is 12.4. The van der Waals surface area contributed by atoms with E-state index in [4.69, 9.17) is 28.7 Å². The van der Waals surface area contributed by atoms with Gasteiger partial charge in [0.15, 0.2) is 0 Å². The topological polar surface area (TPSA) is 211 Å². The molecule has 1 saturated carbocycles. The normalized spacial score (nSPS) is 20.3. The van der Waals surface area contributed by atoms with Crippen molar-refractivity contribution in [1.82, 2.24) is 34.6 Å². The van der Waals surface area contributed by atoms with Crippen molar-refractivity contribution in [2.45, 2.75) is 63.3 Å². The number of fused-ring (bicyclic) bond motifs is 2. The van der Waals surface area contributed by atoms with Gasteiger partial charge >= 0.3 is 0 Å². The second-order valence-corrected chi connectivity index (χ2v) is 17.6. The Morgan fingerprint density at radius 3 is 2.12 bits per heavy atom. The first-order valence-electron chi connectivity index (χ1n) is 24.0. The van der Waals surface area contributed by atoms with Gasteiger partial charge in [-0.3, -0.25) is 39.2 Å². The summed E-state index contributed by atoms with van der Waals surface area (Å²) in [5.74, 6) is -1.56. The Hall–Kier alpha value is -5.38. The molecule has 4 amide bonds. The van der Waals surface area contributed by atoms with Crippen molar-refractivity contribution >= 4 is 46.3 Å². The molecule has 0 spiro atoms. The van der Waals surface area contributed by atoms with Crippen LogP contribution in [0.4, 0.5) is 11.6 Å². The minimum absolute atomic E-state index is 0.0676. The van der Waals surface area contributed by atoms with Gasteiger partial charge in [0, 0.05) is 101 Å². The van der Waals surface area contributed by atoms with E-state index in [1.807, 2.05) is 6.20 Å². The Labute approximate surface area is 396 Å². The number of methoxy groups -OCH3 is 1. The van der Waals surface area contributed by atoms with Crippen LogP contribution < -0.4 is 16.0 Å². The molecular formula is C49H65N9O10. The molecule has 1 aliphatic carbocycles. The highest BCUT2D eigenvalue weighted by Gasteiger charge is 2.45. The first-order valence-corrected chi connectivity index (χ1v) is 24.0. The molecule has 0 radical (unpaired) electrons. The zero-order valence-electron chi connectivity index (χ0n) is 39.0. The molecule has 5 heterocycles. The number of nitrogens with one attached hydrogen (secondary N) is 3. The largest absolute Gasteiger partial charge is 0.393 e. The molecule has 3 aliphatic heterocycles. The van der Waals surface area contributed by atoms with Crippen LogP contribution >= 0.6 is 0 Å². The SMILES string of the molecule is COCCNc1ncc2c(-c3ccc(CN4CCN(CCOCCOCCOCCOCCNc5cccc6c5C(=O)N(C5CCC(=O)NC5=O)C6=O)CC4)cc3)cn([C@H]3CC[C@H](O)CC3)c2n1. The number of piperazine rings is 1. The van der Waals surface area contributed by atoms with E-state index < -0.39 is 29.7 Å². The summed E-state index contributed by atoms with van der Waals surface area (Å²) in [5, 5.41) is 19.8. The number of carbonyl (C=O) groups is 4. The average Bonchev–Trinajstić information content (AvgIpc) is 3.85. The summed E-state index contributed by atoms with van der Waals surface area (Å²) in [5.41, 5.74) is 5.40. The number of anilines is 2. The molecule has 1 atom stereocenters. The molecule has 1 unspecified atom stereocenters. The average molecular weight is 940 g/mol. The predicted molar refractivity (Wildman–Crippen MR) is 253 cm³/mol. The molecule has 68 heavy (non-hydrogen) atoms. The Morgan fingerprint density at radius 2 is 1.41 bits per heavy atom. The molecule has 2 aromatic heterocycles. The summed E-state index contributed by atoms with van der Waals surface area (Å²) in [6.07, 6.45) is 7.56. The lowest BCUT2D eigenvalue weighted by molar-refractivity contribution is -0.136. The van der Waals surface area contributed by atoms with Crippen molar-refractivity contribution in [3.63, 3.8) is 0 Å². The lowest BCUT2D eigenvalue weighted by Crippen LogP contribution is -2.54. The Balaban J connectivity index is 0.652. The van der Waals surface area contributed by atoms with Gasteiger partial charge in [0.2, 0.25) is 17.8 Å². The first-order chi connectivity index (χ1) is 33.3. The Kier molecular flexibility index (Phi) is 17.5. The number of carbonyl (C=O) groups excluding carboxylic acids is 4. The highest BCUT2D eigenvalue weighted by atomic mass is 16.6. The van der Waals surface area contributed by atoms with E-state index >= 15 is 0 Å². The number of rotatable bonds is 25. The fourth-order valence-corrected chi connectivity index (χ4v) is 9.32. The zero-order chi connectivity index (χ0) is 47.2. The van der Waals surface area contributed by atoms with E-state index in [9.17, 15) is 24.3 Å². The summed E-state index contributed by atoms with van der Waals surface area (Å²) >= 11 is 0. The summed E-state index contributed by atoms with van der Waals surface area (Å²) in [7, 11) is 1.68. The fraction of sp³-hybridized carbons (Fsp3) is 0.551. The van der Waals surface area contributed by atoms with E-state index in [0.717, 1.165) is 92.0 Å². The van der Waals surface area contributed by atoms with Gasteiger partial charge in [-0.25, -0.2) is 4.98 Å². The van der Waals surface area contributed by atoms with Crippen LogP contribution in [-0.2, 0) is 39.8 Å². The van der Waals surface area contributed by atoms with Crippen molar-refractivity contribution in [2.24, 2.45) is 0 Å². The van der Waals surface area contributed by atoms with Crippen LogP contribution in [0, 0.1) is 0 Å². The Bertz CT molecular complexity index is 2330. The van der Waals surface area contributed by atoms with Crippen LogP contribution in [0.3, 0.4) is 0 Å². The lowest BCUT2D eigenvalue weighted by atomic mass is 9.93. The maximum absolute atomic E-state index is 13.2. The number of hydrogen-bond acceptors (Lipinski definition) is 16. The smallest absolute Gasteiger partial charge is 0.264 e. The number of piperidine rings is 1. The lowest BCUT2D eigenvalue weighted by Gasteiger charge is -2.34. The number of imide groups is 2. The van der Waals surface area contributed by atoms with Gasteiger partial charge in [-0.15, -0.1) is 0 Å². The predicted octanol–water partition coefficient (Wildman–Crippen LogP) is 3.33. The highest BCUT2D eigenvalue weighted by molar-refractivity contribution is 6.25. The van der Waals surface area contributed by atoms with Gasteiger partial charge < -0.3 is 44.0 Å². The molecule has 2 saturated heterocycles. The second-order valence-electron chi connectivity index (χ2n) is 17.6. The summed E-state index contributed by atoms with van der Waals surface area (Å²) < 4.78 is 30.3. The van der Waals surface area contributed by atoms with Crippen LogP contribution in [0.2, 0.25) is 0 Å². The highest BCUT2D eigenvalue weighted by Crippen LogP contribution is 2.37. The van der Waals surface area contributed by atoms with E-state index in [1.165, 1.54) is 5.56 Å². The molecule has 19 nitrogen and oxygen atoms in total. The molecule has 3 fully saturated rings. The number of amides is 4. The van der Waals surface area contributed by atoms with Gasteiger partial charge in [-0.2, -0.15) is 4.98 Å². The number of hydrogen-bond donors (Lipinski definition) is 4. The van der Waals surface area contributed by atoms with Gasteiger partial charge in [0.25, 0.3) is 11.8 Å². The van der Waals surface area contributed by atoms with Crippen LogP contribution in [-0.4, -0.2) is 183 Å². The van der Waals surface area contributed by atoms with Crippen molar-refractivity contribution in [1.29, 1.82) is 0 Å². The maximum Gasteiger partial charge on any atom is 0.264 e. The third-order valence-corrected chi connectivity index (χ3v) is 13.1. The van der Waals surface area contributed by atoms with Gasteiger partial charge in [-0.05, 0) is 55.4 Å². The van der Waals surface area contributed by atoms with E-state index in [2.05, 4.69) is 65.8 Å². The summed E-state index contributed by atoms with van der Waals surface area (Å²) in [6.45, 7) is 11.1. The number of nitrogens with zero attached hydrogens (tertiary/aromatic N) is 6. The van der Waals surface area contributed by atoms with Crippen molar-refractivity contribution in [3.05, 3.63) is 71.5 Å². The van der Waals surface area contributed by atoms with Gasteiger partial charge in [-0.1, -0.05) is 30.3 Å². The van der Waals surface area contributed by atoms with Crippen LogP contribution in [0.5, 0.6) is 0 Å². The van der Waals surface area contributed by atoms with E-state index in [0.29, 0.717) is 84.2 Å². The van der Waals surface area contributed by atoms with Gasteiger partial charge in [0.05, 0.1) is 76.7 Å². The molecule has 366 valence electrons. The van der Waals surface area contributed by atoms with E-state index in [-0.39, 0.29) is 36.1 Å². The number of benzene rings is 2. The maximum atomic E-state index is 13.2. The number of ether oxygens (including phenoxy) is 5. The molecular weight excluding hydrogens is 875 g/mol. The second kappa shape index (κ2) is 24.3. The third-order valence-electron chi connectivity index (χ3n) is 13.1. The molecule has 0 bridgehead atoms. The van der Waals surface area contributed by atoms with Crippen LogP contribution in [0.15, 0.2) is 54.9 Å². The number of aromatic nitrogens is 3. The molecule has 4 aliphatic rings. The number of aliphatic hydroxyl groups excluding tert-OH is 1. The van der Waals surface area contributed by atoms with Crippen LogP contribution in [0.1, 0.15) is 70.8 Å². The standard InChI is InChI=1S/C49H65N9O10/c1-64-22-15-51-49-52-31-39-40(33-57(45(39)54-49)36-9-11-37(59)12-10-36)35-7-5-34(6-8-35)32-56-19-17-55(18-20-56)21-24-66-26-28-68-30-29-67-27-25-65-23-16-50-41-4-2-3-38-44(41)48(63)58(47(38)62)42-13-14-43(60)53-46(42)61/h2-8,31,33,36-37,42,50,59H,9-30,32H2,1H3,(H,51,52,54)(H,53,60,61)/t36-,37-,42?. The quantitative estimate of drug-likeness (QED) is 0.0555. The van der Waals surface area contributed by atoms with E-state index in [1.54, 1.807) is 25.3 Å². The van der Waals surface area contributed by atoms with Crippen LogP contribution in [0.25, 0.3) is 22.2 Å². The summed E-state index contributed by atoms with van der Waals surface area (Å²) in [6, 6.07) is 13.1. The molecule has 19 heteroatoms. The first kappa shape index (κ1) is 49.1. The molecule has 8 rings (SSSR count).